The molecule has 1 N–H and O–H groups in total. The van der Waals surface area contributed by atoms with E-state index in [0.717, 1.165) is 13.0 Å². The Bertz CT molecular complexity index is 337. The van der Waals surface area contributed by atoms with Crippen molar-refractivity contribution in [2.75, 3.05) is 0 Å². The van der Waals surface area contributed by atoms with Crippen molar-refractivity contribution >= 4 is 5.97 Å². The molecule has 0 saturated heterocycles. The molecule has 0 bridgehead atoms. The highest BCUT2D eigenvalue weighted by atomic mass is 19.2. The fourth-order valence-corrected chi connectivity index (χ4v) is 0.795. The number of carbonyl (C=O) groups is 1. The zero-order valence-electron chi connectivity index (χ0n) is 8.35. The molecule has 0 saturated carbocycles. The molecule has 15 heavy (non-hydrogen) atoms. The molecule has 84 valence electrons. The molecule has 0 aromatic heterocycles. The summed E-state index contributed by atoms with van der Waals surface area (Å²) in [6, 6.07) is 0. The van der Waals surface area contributed by atoms with Crippen LogP contribution in [0.3, 0.4) is 0 Å². The lowest BCUT2D eigenvalue weighted by Gasteiger charge is -1.99. The molecule has 0 rings (SSSR count). The summed E-state index contributed by atoms with van der Waals surface area (Å²) in [6.07, 6.45) is 0.712. The van der Waals surface area contributed by atoms with Gasteiger partial charge in [0.2, 0.25) is 0 Å². The van der Waals surface area contributed by atoms with Crippen molar-refractivity contribution < 1.29 is 23.1 Å². The van der Waals surface area contributed by atoms with Gasteiger partial charge in [0, 0.05) is 0 Å². The number of halogens is 3. The maximum Gasteiger partial charge on any atom is 0.307 e. The Hall–Kier alpha value is -1.52. The molecule has 2 nitrogen and oxygen atoms in total. The van der Waals surface area contributed by atoms with E-state index < -0.39 is 35.4 Å². The van der Waals surface area contributed by atoms with E-state index in [1.807, 2.05) is 0 Å². The smallest absolute Gasteiger partial charge is 0.307 e. The average Bonchev–Trinajstić information content (AvgIpc) is 2.14. The van der Waals surface area contributed by atoms with E-state index in [2.05, 4.69) is 0 Å². The van der Waals surface area contributed by atoms with Crippen LogP contribution in [0.1, 0.15) is 20.3 Å². The summed E-state index contributed by atoms with van der Waals surface area (Å²) in [6.45, 7) is 2.25. The quantitative estimate of drug-likeness (QED) is 0.737. The van der Waals surface area contributed by atoms with Crippen LogP contribution in [0.5, 0.6) is 0 Å². The minimum atomic E-state index is -1.31. The summed E-state index contributed by atoms with van der Waals surface area (Å²) in [4.78, 5) is 10.3. The van der Waals surface area contributed by atoms with E-state index >= 15 is 0 Å². The van der Waals surface area contributed by atoms with Crippen LogP contribution in [-0.4, -0.2) is 11.1 Å². The van der Waals surface area contributed by atoms with Gasteiger partial charge in [0.05, 0.1) is 6.42 Å². The fraction of sp³-hybridized carbons (Fsp3) is 0.300. The molecule has 0 heterocycles. The van der Waals surface area contributed by atoms with Gasteiger partial charge in [0.1, 0.15) is 5.83 Å². The highest BCUT2D eigenvalue weighted by Crippen LogP contribution is 2.19. The maximum atomic E-state index is 12.9. The highest BCUT2D eigenvalue weighted by molar-refractivity contribution is 5.71. The summed E-state index contributed by atoms with van der Waals surface area (Å²) in [5, 5.41) is 8.38. The first-order valence-electron chi connectivity index (χ1n) is 4.15. The van der Waals surface area contributed by atoms with E-state index in [4.69, 9.17) is 5.11 Å². The van der Waals surface area contributed by atoms with Gasteiger partial charge in [-0.1, -0.05) is 0 Å². The van der Waals surface area contributed by atoms with Gasteiger partial charge in [-0.05, 0) is 31.6 Å². The number of hydrogen-bond acceptors (Lipinski definition) is 1. The molecule has 0 aliphatic carbocycles. The van der Waals surface area contributed by atoms with Crippen LogP contribution >= 0.6 is 0 Å². The van der Waals surface area contributed by atoms with E-state index in [9.17, 15) is 18.0 Å². The monoisotopic (exact) mass is 220 g/mol. The van der Waals surface area contributed by atoms with E-state index in [0.29, 0.717) is 6.08 Å². The lowest BCUT2D eigenvalue weighted by atomic mass is 10.1. The Kier molecular flexibility index (Phi) is 5.44. The SMILES string of the molecule is C\C=C(F)/C(F)=C\C(CC(=O)O)=C(/C)F. The second-order valence-electron chi connectivity index (χ2n) is 2.76. The molecule has 0 fully saturated rings. The van der Waals surface area contributed by atoms with Gasteiger partial charge in [-0.2, -0.15) is 0 Å². The topological polar surface area (TPSA) is 37.3 Å². The van der Waals surface area contributed by atoms with E-state index in [-0.39, 0.29) is 0 Å². The predicted molar refractivity (Wildman–Crippen MR) is 50.1 cm³/mol. The largest absolute Gasteiger partial charge is 0.481 e. The normalized spacial score (nSPS) is 15.0. The van der Waals surface area contributed by atoms with Gasteiger partial charge in [0.15, 0.2) is 11.7 Å². The van der Waals surface area contributed by atoms with Crippen LogP contribution < -0.4 is 0 Å². The van der Waals surface area contributed by atoms with Gasteiger partial charge in [-0.3, -0.25) is 4.79 Å². The van der Waals surface area contributed by atoms with E-state index in [1.54, 1.807) is 0 Å². The summed E-state index contributed by atoms with van der Waals surface area (Å²) in [7, 11) is 0. The van der Waals surface area contributed by atoms with Gasteiger partial charge in [-0.25, -0.2) is 13.2 Å². The lowest BCUT2D eigenvalue weighted by Crippen LogP contribution is -1.97. The summed E-state index contributed by atoms with van der Waals surface area (Å²) in [5.41, 5.74) is -0.392. The second-order valence-corrected chi connectivity index (χ2v) is 2.76. The third-order valence-electron chi connectivity index (χ3n) is 1.57. The van der Waals surface area contributed by atoms with Crippen LogP contribution in [0.2, 0.25) is 0 Å². The second kappa shape index (κ2) is 6.06. The molecule has 0 spiro atoms. The number of aliphatic carboxylic acids is 1. The first kappa shape index (κ1) is 13.5. The van der Waals surface area contributed by atoms with Crippen LogP contribution in [0, 0.1) is 0 Å². The third kappa shape index (κ3) is 5.05. The van der Waals surface area contributed by atoms with Gasteiger partial charge in [0.25, 0.3) is 0 Å². The highest BCUT2D eigenvalue weighted by Gasteiger charge is 2.09. The average molecular weight is 220 g/mol. The molecule has 0 radical (unpaired) electrons. The molecule has 5 heteroatoms. The first-order valence-corrected chi connectivity index (χ1v) is 4.15. The summed E-state index contributed by atoms with van der Waals surface area (Å²) >= 11 is 0. The maximum absolute atomic E-state index is 12.9. The van der Waals surface area contributed by atoms with Crippen molar-refractivity contribution in [2.24, 2.45) is 0 Å². The standard InChI is InChI=1S/C10H11F3O2/c1-3-8(12)9(13)4-7(6(2)11)5-10(14)15/h3-4H,5H2,1-2H3,(H,14,15)/b7-6-,8-3+,9-4+. The van der Waals surface area contributed by atoms with Crippen LogP contribution in [0.15, 0.2) is 35.2 Å². The zero-order valence-corrected chi connectivity index (χ0v) is 8.35. The molecule has 0 unspecified atom stereocenters. The molecule has 0 aliphatic heterocycles. The van der Waals surface area contributed by atoms with Crippen LogP contribution in [0.25, 0.3) is 0 Å². The minimum absolute atomic E-state index is 0.392. The first-order chi connectivity index (χ1) is 6.88. The van der Waals surface area contributed by atoms with E-state index in [1.165, 1.54) is 6.92 Å². The Morgan fingerprint density at radius 2 is 1.80 bits per heavy atom. The number of carboxylic acid groups (broad SMARTS) is 1. The summed E-state index contributed by atoms with van der Waals surface area (Å²) in [5.74, 6) is -4.60. The third-order valence-corrected chi connectivity index (χ3v) is 1.57. The lowest BCUT2D eigenvalue weighted by molar-refractivity contribution is -0.136. The number of hydrogen-bond donors (Lipinski definition) is 1. The Balaban J connectivity index is 5.01. The predicted octanol–water partition coefficient (Wildman–Crippen LogP) is 3.43. The summed E-state index contributed by atoms with van der Waals surface area (Å²) < 4.78 is 38.2. The van der Waals surface area contributed by atoms with Crippen molar-refractivity contribution in [1.29, 1.82) is 0 Å². The van der Waals surface area contributed by atoms with Crippen LogP contribution in [-0.2, 0) is 4.79 Å². The molecular weight excluding hydrogens is 209 g/mol. The molecule has 0 aliphatic rings. The van der Waals surface area contributed by atoms with Crippen LogP contribution in [0.4, 0.5) is 13.2 Å². The molecule has 0 aromatic rings. The fourth-order valence-electron chi connectivity index (χ4n) is 0.795. The zero-order chi connectivity index (χ0) is 12.0. The number of allylic oxidation sites excluding steroid dienone is 5. The Morgan fingerprint density at radius 1 is 1.27 bits per heavy atom. The van der Waals surface area contributed by atoms with Crippen molar-refractivity contribution in [3.8, 4) is 0 Å². The number of carboxylic acids is 1. The molecular formula is C10H11F3O2. The molecule has 0 amide bonds. The van der Waals surface area contributed by atoms with Gasteiger partial charge >= 0.3 is 5.97 Å². The van der Waals surface area contributed by atoms with Crippen molar-refractivity contribution in [2.45, 2.75) is 20.3 Å². The van der Waals surface area contributed by atoms with Crippen molar-refractivity contribution in [3.63, 3.8) is 0 Å². The van der Waals surface area contributed by atoms with Gasteiger partial charge < -0.3 is 5.11 Å². The molecule has 0 atom stereocenters. The number of rotatable bonds is 4. The minimum Gasteiger partial charge on any atom is -0.481 e. The van der Waals surface area contributed by atoms with Gasteiger partial charge in [-0.15, -0.1) is 0 Å². The van der Waals surface area contributed by atoms with Crippen molar-refractivity contribution in [3.05, 3.63) is 35.2 Å². The van der Waals surface area contributed by atoms with Crippen molar-refractivity contribution in [1.82, 2.24) is 0 Å². The molecule has 0 aromatic carbocycles. The Morgan fingerprint density at radius 3 is 2.13 bits per heavy atom. The Labute approximate surface area is 85.4 Å².